The summed E-state index contributed by atoms with van der Waals surface area (Å²) >= 11 is 6.45. The molecule has 9 heteroatoms. The Morgan fingerprint density at radius 2 is 1.89 bits per heavy atom. The molecule has 0 atom stereocenters. The minimum absolute atomic E-state index is 0.0440. The number of ether oxygens (including phenoxy) is 1. The average Bonchev–Trinajstić information content (AvgIpc) is 3.19. The lowest BCUT2D eigenvalue weighted by Crippen LogP contribution is -2.13. The van der Waals surface area contributed by atoms with E-state index >= 15 is 0 Å². The summed E-state index contributed by atoms with van der Waals surface area (Å²) < 4.78 is 6.09. The zero-order chi connectivity index (χ0) is 20.5. The van der Waals surface area contributed by atoms with Crippen LogP contribution in [0.25, 0.3) is 17.0 Å². The number of fused-ring (bicyclic) bond motifs is 1. The van der Waals surface area contributed by atoms with Gasteiger partial charge in [0.25, 0.3) is 0 Å². The van der Waals surface area contributed by atoms with Crippen molar-refractivity contribution >= 4 is 34.8 Å². The number of aromatic amines is 1. The van der Waals surface area contributed by atoms with Gasteiger partial charge in [-0.15, -0.1) is 5.10 Å². The highest BCUT2D eigenvalue weighted by Gasteiger charge is 2.24. The number of hydrogen-bond acceptors (Lipinski definition) is 5. The summed E-state index contributed by atoms with van der Waals surface area (Å²) in [5.41, 5.74) is 2.71. The summed E-state index contributed by atoms with van der Waals surface area (Å²) in [5, 5.41) is 10.9. The van der Waals surface area contributed by atoms with Crippen LogP contribution in [0.4, 0.5) is 5.69 Å². The maximum absolute atomic E-state index is 11.9. The molecule has 2 N–H and O–H groups in total. The largest absolute Gasteiger partial charge is 0.469 e. The Hall–Kier alpha value is -2.87. The molecule has 0 aliphatic rings. The molecule has 0 aliphatic carbocycles. The monoisotopic (exact) mass is 403 g/mol. The smallest absolute Gasteiger partial charge is 0.306 e. The normalized spacial score (nSPS) is 11.6. The lowest BCUT2D eigenvalue weighted by atomic mass is 9.92. The van der Waals surface area contributed by atoms with Crippen molar-refractivity contribution in [3.05, 3.63) is 35.0 Å². The van der Waals surface area contributed by atoms with Gasteiger partial charge >= 0.3 is 5.97 Å². The zero-order valence-electron chi connectivity index (χ0n) is 16.2. The number of aromatic nitrogens is 4. The highest BCUT2D eigenvalue weighted by molar-refractivity contribution is 6.34. The predicted octanol–water partition coefficient (Wildman–Crippen LogP) is 3.57. The van der Waals surface area contributed by atoms with Crippen molar-refractivity contribution in [1.29, 1.82) is 0 Å². The number of benzene rings is 1. The SMILES string of the molecule is COC(=O)CCC(=O)Nc1ccc(-c2nc3c(Cl)c(C(C)(C)C)[nH]n3n2)cc1. The molecule has 1 amide bonds. The minimum Gasteiger partial charge on any atom is -0.469 e. The zero-order valence-corrected chi connectivity index (χ0v) is 16.9. The molecule has 0 bridgehead atoms. The Morgan fingerprint density at radius 3 is 2.46 bits per heavy atom. The van der Waals surface area contributed by atoms with Gasteiger partial charge in [-0.3, -0.25) is 14.7 Å². The molecular weight excluding hydrogens is 382 g/mol. The summed E-state index contributed by atoms with van der Waals surface area (Å²) in [6, 6.07) is 7.12. The first-order chi connectivity index (χ1) is 13.2. The van der Waals surface area contributed by atoms with Crippen molar-refractivity contribution in [1.82, 2.24) is 19.8 Å². The standard InChI is InChI=1S/C19H22ClN5O3/c1-19(2,3)16-15(20)18-22-17(24-25(18)23-16)11-5-7-12(8-6-11)21-13(26)9-10-14(27)28-4/h5-8,23H,9-10H2,1-4H3,(H,21,26). The minimum atomic E-state index is -0.416. The number of anilines is 1. The van der Waals surface area contributed by atoms with Gasteiger partial charge in [-0.1, -0.05) is 32.4 Å². The van der Waals surface area contributed by atoms with E-state index < -0.39 is 5.97 Å². The first kappa shape index (κ1) is 19.9. The van der Waals surface area contributed by atoms with E-state index in [0.717, 1.165) is 11.3 Å². The topological polar surface area (TPSA) is 101 Å². The Balaban J connectivity index is 1.73. The fourth-order valence-electron chi connectivity index (χ4n) is 2.66. The average molecular weight is 404 g/mol. The van der Waals surface area contributed by atoms with Crippen LogP contribution in [-0.4, -0.2) is 38.8 Å². The summed E-state index contributed by atoms with van der Waals surface area (Å²) in [5.74, 6) is -0.148. The van der Waals surface area contributed by atoms with Crippen LogP contribution in [0, 0.1) is 0 Å². The number of hydrogen-bond donors (Lipinski definition) is 2. The van der Waals surface area contributed by atoms with E-state index in [9.17, 15) is 9.59 Å². The molecule has 0 saturated heterocycles. The number of rotatable bonds is 5. The van der Waals surface area contributed by atoms with E-state index in [1.807, 2.05) is 12.1 Å². The van der Waals surface area contributed by atoms with Gasteiger partial charge in [0.15, 0.2) is 11.5 Å². The quantitative estimate of drug-likeness (QED) is 0.634. The molecule has 1 aromatic carbocycles. The van der Waals surface area contributed by atoms with Crippen LogP contribution in [0.5, 0.6) is 0 Å². The number of carbonyl (C=O) groups is 2. The number of esters is 1. The number of carbonyl (C=O) groups excluding carboxylic acids is 2. The molecule has 3 aromatic rings. The van der Waals surface area contributed by atoms with Crippen molar-refractivity contribution < 1.29 is 14.3 Å². The van der Waals surface area contributed by atoms with E-state index in [2.05, 4.69) is 46.0 Å². The predicted molar refractivity (Wildman–Crippen MR) is 106 cm³/mol. The van der Waals surface area contributed by atoms with Crippen molar-refractivity contribution in [2.45, 2.75) is 39.0 Å². The summed E-state index contributed by atoms with van der Waals surface area (Å²) in [6.45, 7) is 6.18. The first-order valence-electron chi connectivity index (χ1n) is 8.81. The molecular formula is C19H22ClN5O3. The van der Waals surface area contributed by atoms with Crippen molar-refractivity contribution in [3.8, 4) is 11.4 Å². The van der Waals surface area contributed by atoms with Gasteiger partial charge in [0.1, 0.15) is 5.02 Å². The summed E-state index contributed by atoms with van der Waals surface area (Å²) in [7, 11) is 1.29. The lowest BCUT2D eigenvalue weighted by Gasteiger charge is -2.16. The number of nitrogens with one attached hydrogen (secondary N) is 2. The molecule has 148 valence electrons. The van der Waals surface area contributed by atoms with Crippen LogP contribution in [-0.2, 0) is 19.7 Å². The molecule has 0 aliphatic heterocycles. The van der Waals surface area contributed by atoms with Gasteiger partial charge in [-0.25, -0.2) is 4.98 Å². The Bertz CT molecular complexity index is 1010. The molecule has 0 spiro atoms. The number of nitrogens with zero attached hydrogens (tertiary/aromatic N) is 3. The molecule has 28 heavy (non-hydrogen) atoms. The van der Waals surface area contributed by atoms with E-state index in [1.165, 1.54) is 7.11 Å². The number of amides is 1. The highest BCUT2D eigenvalue weighted by Crippen LogP contribution is 2.31. The van der Waals surface area contributed by atoms with Crippen LogP contribution < -0.4 is 5.32 Å². The van der Waals surface area contributed by atoms with Gasteiger partial charge < -0.3 is 10.1 Å². The summed E-state index contributed by atoms with van der Waals surface area (Å²) in [4.78, 5) is 27.5. The van der Waals surface area contributed by atoms with Gasteiger partial charge in [0.2, 0.25) is 5.91 Å². The van der Waals surface area contributed by atoms with Crippen molar-refractivity contribution in [2.24, 2.45) is 0 Å². The van der Waals surface area contributed by atoms with Gasteiger partial charge in [0.05, 0.1) is 19.2 Å². The van der Waals surface area contributed by atoms with Crippen molar-refractivity contribution in [2.75, 3.05) is 12.4 Å². The molecule has 0 saturated carbocycles. The fourth-order valence-corrected chi connectivity index (χ4v) is 3.11. The Labute approximate surface area is 167 Å². The van der Waals surface area contributed by atoms with Crippen LogP contribution >= 0.6 is 11.6 Å². The Kier molecular flexibility index (Phi) is 5.42. The van der Waals surface area contributed by atoms with Crippen molar-refractivity contribution in [3.63, 3.8) is 0 Å². The molecule has 3 rings (SSSR count). The molecule has 8 nitrogen and oxygen atoms in total. The van der Waals surface area contributed by atoms with E-state index in [4.69, 9.17) is 11.6 Å². The number of H-pyrrole nitrogens is 1. The lowest BCUT2D eigenvalue weighted by molar-refractivity contribution is -0.141. The van der Waals surface area contributed by atoms with Gasteiger partial charge in [0, 0.05) is 23.1 Å². The molecule has 2 aromatic heterocycles. The second-order valence-electron chi connectivity index (χ2n) is 7.42. The third kappa shape index (κ3) is 4.17. The molecule has 2 heterocycles. The first-order valence-corrected chi connectivity index (χ1v) is 9.18. The second-order valence-corrected chi connectivity index (χ2v) is 7.80. The maximum atomic E-state index is 11.9. The van der Waals surface area contributed by atoms with Gasteiger partial charge in [-0.2, -0.15) is 4.63 Å². The third-order valence-electron chi connectivity index (χ3n) is 4.20. The van der Waals surface area contributed by atoms with Crippen LogP contribution in [0.2, 0.25) is 5.02 Å². The molecule has 0 radical (unpaired) electrons. The van der Waals surface area contributed by atoms with Crippen LogP contribution in [0.1, 0.15) is 39.3 Å². The molecule has 0 unspecified atom stereocenters. The number of halogens is 1. The van der Waals surface area contributed by atoms with Crippen LogP contribution in [0.3, 0.4) is 0 Å². The molecule has 0 fully saturated rings. The fraction of sp³-hybridized carbons (Fsp3) is 0.368. The highest BCUT2D eigenvalue weighted by atomic mass is 35.5. The van der Waals surface area contributed by atoms with Crippen LogP contribution in [0.15, 0.2) is 24.3 Å². The Morgan fingerprint density at radius 1 is 1.21 bits per heavy atom. The summed E-state index contributed by atoms with van der Waals surface area (Å²) in [6.07, 6.45) is 0.110. The van der Waals surface area contributed by atoms with Gasteiger partial charge in [-0.05, 0) is 24.3 Å². The van der Waals surface area contributed by atoms with E-state index in [0.29, 0.717) is 22.2 Å². The number of methoxy groups -OCH3 is 1. The maximum Gasteiger partial charge on any atom is 0.306 e. The van der Waals surface area contributed by atoms with E-state index in [-0.39, 0.29) is 24.2 Å². The van der Waals surface area contributed by atoms with E-state index in [1.54, 1.807) is 16.8 Å². The second kappa shape index (κ2) is 7.63. The third-order valence-corrected chi connectivity index (χ3v) is 4.56.